The summed E-state index contributed by atoms with van der Waals surface area (Å²) in [6.45, 7) is 0.0736. The second-order valence-electron chi connectivity index (χ2n) is 7.56. The van der Waals surface area contributed by atoms with Crippen LogP contribution in [0.2, 0.25) is 0 Å². The number of thiophene rings is 1. The Bertz CT molecular complexity index is 1140. The standard InChI is InChI=1S/C20H19N5O4S/c1-29-20(28)17-9-12-6-13(2-3-16(12)30-17)22-19(27)15-8-11-7-14(11)25(15)18(26)10-24-5-4-21-23-24/h2-6,9,11,14-15H,7-8,10H2,1H3,(H,22,27)/t11-,14-,15-/m1/s1. The van der Waals surface area contributed by atoms with Crippen LogP contribution in [0.25, 0.3) is 10.1 Å². The minimum atomic E-state index is -0.492. The molecule has 0 radical (unpaired) electrons. The smallest absolute Gasteiger partial charge is 0.348 e. The lowest BCUT2D eigenvalue weighted by Crippen LogP contribution is -2.46. The molecule has 0 unspecified atom stereocenters. The van der Waals surface area contributed by atoms with Crippen LogP contribution in [0.3, 0.4) is 0 Å². The predicted molar refractivity (Wildman–Crippen MR) is 109 cm³/mol. The number of piperidine rings is 1. The molecule has 1 N–H and O–H groups in total. The van der Waals surface area contributed by atoms with Gasteiger partial charge < -0.3 is 15.0 Å². The van der Waals surface area contributed by atoms with Crippen LogP contribution in [-0.4, -0.2) is 56.9 Å². The molecule has 154 valence electrons. The van der Waals surface area contributed by atoms with Gasteiger partial charge in [0.15, 0.2) is 0 Å². The molecule has 30 heavy (non-hydrogen) atoms. The first kappa shape index (κ1) is 18.7. The molecule has 1 aliphatic heterocycles. The molecule has 2 fully saturated rings. The van der Waals surface area contributed by atoms with Crippen LogP contribution in [0.1, 0.15) is 22.5 Å². The van der Waals surface area contributed by atoms with E-state index in [1.807, 2.05) is 12.1 Å². The number of aromatic nitrogens is 3. The quantitative estimate of drug-likeness (QED) is 0.626. The Morgan fingerprint density at radius 1 is 1.27 bits per heavy atom. The number of nitrogens with zero attached hydrogens (tertiary/aromatic N) is 4. The Morgan fingerprint density at radius 3 is 2.90 bits per heavy atom. The molecule has 2 aliphatic rings. The van der Waals surface area contributed by atoms with E-state index >= 15 is 0 Å². The summed E-state index contributed by atoms with van der Waals surface area (Å²) in [5.74, 6) is -0.311. The molecule has 10 heteroatoms. The van der Waals surface area contributed by atoms with Crippen molar-refractivity contribution in [3.8, 4) is 0 Å². The van der Waals surface area contributed by atoms with Crippen LogP contribution >= 0.6 is 11.3 Å². The summed E-state index contributed by atoms with van der Waals surface area (Å²) in [6.07, 6.45) is 4.77. The van der Waals surface area contributed by atoms with Crippen molar-refractivity contribution in [2.45, 2.75) is 31.5 Å². The molecular weight excluding hydrogens is 406 g/mol. The minimum absolute atomic E-state index is 0.0736. The SMILES string of the molecule is COC(=O)c1cc2cc(NC(=O)[C@H]3C[C@H]4C[C@H]4N3C(=O)Cn3ccnn3)ccc2s1. The summed E-state index contributed by atoms with van der Waals surface area (Å²) < 4.78 is 7.17. The molecule has 1 saturated heterocycles. The van der Waals surface area contributed by atoms with Gasteiger partial charge in [-0.3, -0.25) is 9.59 Å². The third-order valence-electron chi connectivity index (χ3n) is 5.63. The number of fused-ring (bicyclic) bond motifs is 2. The number of hydrogen-bond acceptors (Lipinski definition) is 7. The van der Waals surface area contributed by atoms with Crippen molar-refractivity contribution in [1.82, 2.24) is 19.9 Å². The zero-order valence-corrected chi connectivity index (χ0v) is 17.0. The Morgan fingerprint density at radius 2 is 2.13 bits per heavy atom. The summed E-state index contributed by atoms with van der Waals surface area (Å²) in [4.78, 5) is 39.7. The number of carbonyl (C=O) groups excluding carboxylic acids is 3. The number of methoxy groups -OCH3 is 1. The summed E-state index contributed by atoms with van der Waals surface area (Å²) in [6, 6.07) is 6.89. The van der Waals surface area contributed by atoms with Crippen molar-refractivity contribution in [3.63, 3.8) is 0 Å². The van der Waals surface area contributed by atoms with Crippen molar-refractivity contribution in [2.24, 2.45) is 5.92 Å². The molecule has 1 aliphatic carbocycles. The van der Waals surface area contributed by atoms with Crippen LogP contribution in [0.5, 0.6) is 0 Å². The van der Waals surface area contributed by atoms with E-state index in [4.69, 9.17) is 4.74 Å². The number of rotatable bonds is 5. The van der Waals surface area contributed by atoms with Gasteiger partial charge in [-0.05, 0) is 48.4 Å². The molecule has 3 aromatic rings. The number of hydrogen-bond donors (Lipinski definition) is 1. The number of esters is 1. The maximum absolute atomic E-state index is 13.0. The summed E-state index contributed by atoms with van der Waals surface area (Å²) >= 11 is 1.34. The van der Waals surface area contributed by atoms with Crippen molar-refractivity contribution in [2.75, 3.05) is 12.4 Å². The van der Waals surface area contributed by atoms with Gasteiger partial charge in [0.2, 0.25) is 11.8 Å². The first-order valence-electron chi connectivity index (χ1n) is 9.61. The molecule has 3 heterocycles. The van der Waals surface area contributed by atoms with E-state index in [1.165, 1.54) is 29.3 Å². The Kier molecular flexibility index (Phi) is 4.50. The Labute approximate surface area is 175 Å². The molecule has 3 atom stereocenters. The molecule has 2 aromatic heterocycles. The summed E-state index contributed by atoms with van der Waals surface area (Å²) in [5, 5.41) is 11.3. The van der Waals surface area contributed by atoms with E-state index in [-0.39, 0.29) is 30.4 Å². The van der Waals surface area contributed by atoms with E-state index < -0.39 is 6.04 Å². The predicted octanol–water partition coefficient (Wildman–Crippen LogP) is 1.91. The van der Waals surface area contributed by atoms with Gasteiger partial charge in [0.25, 0.3) is 0 Å². The largest absolute Gasteiger partial charge is 0.465 e. The third-order valence-corrected chi connectivity index (χ3v) is 6.73. The molecular formula is C20H19N5O4S. The maximum atomic E-state index is 13.0. The molecule has 5 rings (SSSR count). The Balaban J connectivity index is 1.31. The van der Waals surface area contributed by atoms with E-state index in [9.17, 15) is 14.4 Å². The lowest BCUT2D eigenvalue weighted by Gasteiger charge is -2.26. The van der Waals surface area contributed by atoms with Crippen molar-refractivity contribution < 1.29 is 19.1 Å². The van der Waals surface area contributed by atoms with E-state index in [0.29, 0.717) is 22.9 Å². The van der Waals surface area contributed by atoms with Crippen molar-refractivity contribution in [1.29, 1.82) is 0 Å². The first-order valence-corrected chi connectivity index (χ1v) is 10.4. The number of carbonyl (C=O) groups is 3. The fraction of sp³-hybridized carbons (Fsp3) is 0.350. The number of nitrogens with one attached hydrogen (secondary N) is 1. The highest BCUT2D eigenvalue weighted by atomic mass is 32.1. The van der Waals surface area contributed by atoms with Gasteiger partial charge in [0, 0.05) is 22.6 Å². The number of benzene rings is 1. The van der Waals surface area contributed by atoms with Gasteiger partial charge in [-0.2, -0.15) is 0 Å². The number of amides is 2. The Hall–Kier alpha value is -3.27. The zero-order valence-electron chi connectivity index (χ0n) is 16.1. The summed E-state index contributed by atoms with van der Waals surface area (Å²) in [5.41, 5.74) is 0.631. The van der Waals surface area contributed by atoms with Crippen LogP contribution < -0.4 is 5.32 Å². The topological polar surface area (TPSA) is 106 Å². The number of likely N-dealkylation sites (tertiary alicyclic amines) is 1. The van der Waals surface area contributed by atoms with E-state index in [1.54, 1.807) is 23.2 Å². The highest BCUT2D eigenvalue weighted by Crippen LogP contribution is 2.48. The maximum Gasteiger partial charge on any atom is 0.348 e. The monoisotopic (exact) mass is 425 g/mol. The molecule has 1 saturated carbocycles. The van der Waals surface area contributed by atoms with Crippen molar-refractivity contribution in [3.05, 3.63) is 41.5 Å². The molecule has 0 bridgehead atoms. The fourth-order valence-corrected chi connectivity index (χ4v) is 5.10. The highest BCUT2D eigenvalue weighted by molar-refractivity contribution is 7.20. The third kappa shape index (κ3) is 3.32. The van der Waals surface area contributed by atoms with Crippen LogP contribution in [0.15, 0.2) is 36.7 Å². The van der Waals surface area contributed by atoms with Gasteiger partial charge in [-0.25, -0.2) is 9.48 Å². The highest BCUT2D eigenvalue weighted by Gasteiger charge is 2.55. The molecule has 2 amide bonds. The van der Waals surface area contributed by atoms with Gasteiger partial charge in [-0.1, -0.05) is 5.21 Å². The second-order valence-corrected chi connectivity index (χ2v) is 8.64. The van der Waals surface area contributed by atoms with Crippen LogP contribution in [-0.2, 0) is 20.9 Å². The van der Waals surface area contributed by atoms with Crippen LogP contribution in [0, 0.1) is 5.92 Å². The first-order chi connectivity index (χ1) is 14.5. The van der Waals surface area contributed by atoms with Crippen molar-refractivity contribution >= 4 is 44.9 Å². The summed E-state index contributed by atoms with van der Waals surface area (Å²) in [7, 11) is 1.35. The van der Waals surface area contributed by atoms with Gasteiger partial charge in [0.05, 0.1) is 13.3 Å². The van der Waals surface area contributed by atoms with Gasteiger partial charge in [0.1, 0.15) is 17.5 Å². The molecule has 9 nitrogen and oxygen atoms in total. The molecule has 1 aromatic carbocycles. The fourth-order valence-electron chi connectivity index (χ4n) is 4.13. The second kappa shape index (κ2) is 7.21. The minimum Gasteiger partial charge on any atom is -0.465 e. The average molecular weight is 425 g/mol. The van der Waals surface area contributed by atoms with Crippen LogP contribution in [0.4, 0.5) is 5.69 Å². The van der Waals surface area contributed by atoms with Gasteiger partial charge in [-0.15, -0.1) is 16.4 Å². The number of anilines is 1. The molecule has 0 spiro atoms. The van der Waals surface area contributed by atoms with E-state index in [2.05, 4.69) is 15.6 Å². The number of ether oxygens (including phenoxy) is 1. The lowest BCUT2D eigenvalue weighted by molar-refractivity contribution is -0.138. The lowest BCUT2D eigenvalue weighted by atomic mass is 10.1. The van der Waals surface area contributed by atoms with Gasteiger partial charge >= 0.3 is 5.97 Å². The average Bonchev–Trinajstić information content (AvgIpc) is 3.11. The zero-order chi connectivity index (χ0) is 20.8. The normalized spacial score (nSPS) is 22.0. The van der Waals surface area contributed by atoms with E-state index in [0.717, 1.165) is 16.5 Å².